The molecule has 0 bridgehead atoms. The van der Waals surface area contributed by atoms with Gasteiger partial charge in [-0.2, -0.15) is 0 Å². The van der Waals surface area contributed by atoms with Gasteiger partial charge in [0.25, 0.3) is 5.56 Å². The Labute approximate surface area is 196 Å². The van der Waals surface area contributed by atoms with Crippen LogP contribution in [-0.2, 0) is 9.53 Å². The number of allylic oxidation sites excluding steroid dienone is 1. The fourth-order valence-electron chi connectivity index (χ4n) is 3.34. The molecule has 0 fully saturated rings. The maximum absolute atomic E-state index is 13.4. The molecule has 0 saturated carbocycles. The van der Waals surface area contributed by atoms with E-state index in [9.17, 15) is 9.59 Å². The van der Waals surface area contributed by atoms with Gasteiger partial charge in [-0.1, -0.05) is 46.7 Å². The molecule has 5 nitrogen and oxygen atoms in total. The number of nitrogens with zero attached hydrogens (tertiary/aromatic N) is 2. The molecular formula is C22H18Cl2N2O3S2. The smallest absolute Gasteiger partial charge is 0.338 e. The van der Waals surface area contributed by atoms with Crippen molar-refractivity contribution in [2.45, 2.75) is 32.9 Å². The number of fused-ring (bicyclic) bond motifs is 1. The summed E-state index contributed by atoms with van der Waals surface area (Å²) in [6.45, 7) is 5.35. The lowest BCUT2D eigenvalue weighted by atomic mass is 10.0. The molecule has 1 aliphatic rings. The zero-order valence-electron chi connectivity index (χ0n) is 16.9. The Balaban J connectivity index is 1.93. The van der Waals surface area contributed by atoms with Crippen LogP contribution in [0.5, 0.6) is 0 Å². The number of carbonyl (C=O) groups is 1. The van der Waals surface area contributed by atoms with Crippen molar-refractivity contribution in [3.8, 4) is 0 Å². The molecule has 0 amide bonds. The number of halogens is 2. The van der Waals surface area contributed by atoms with Gasteiger partial charge in [-0.05, 0) is 56.0 Å². The number of carbonyl (C=O) groups excluding carboxylic acids is 1. The van der Waals surface area contributed by atoms with Gasteiger partial charge in [-0.25, -0.2) is 9.79 Å². The van der Waals surface area contributed by atoms with Crippen LogP contribution in [0.15, 0.2) is 56.8 Å². The van der Waals surface area contributed by atoms with Crippen molar-refractivity contribution in [1.82, 2.24) is 4.57 Å². The second-order valence-corrected chi connectivity index (χ2v) is 10.0. The predicted octanol–water partition coefficient (Wildman–Crippen LogP) is 4.56. The molecule has 0 aliphatic carbocycles. The number of aromatic nitrogens is 1. The molecule has 9 heteroatoms. The minimum Gasteiger partial charge on any atom is -0.459 e. The molecule has 2 aromatic heterocycles. The molecule has 0 N–H and O–H groups in total. The number of thiophene rings is 1. The molecule has 0 saturated heterocycles. The van der Waals surface area contributed by atoms with E-state index in [0.717, 1.165) is 4.88 Å². The summed E-state index contributed by atoms with van der Waals surface area (Å²) in [7, 11) is 0. The fourth-order valence-corrected chi connectivity index (χ4v) is 5.66. The highest BCUT2D eigenvalue weighted by Gasteiger charge is 2.34. The zero-order valence-corrected chi connectivity index (χ0v) is 20.0. The van der Waals surface area contributed by atoms with Crippen LogP contribution >= 0.6 is 45.9 Å². The van der Waals surface area contributed by atoms with E-state index >= 15 is 0 Å². The highest BCUT2D eigenvalue weighted by Crippen LogP contribution is 2.33. The molecule has 0 spiro atoms. The van der Waals surface area contributed by atoms with E-state index in [-0.39, 0.29) is 11.7 Å². The molecule has 4 rings (SSSR count). The molecule has 3 heterocycles. The first-order valence-corrected chi connectivity index (χ1v) is 11.9. The third-order valence-electron chi connectivity index (χ3n) is 4.65. The normalized spacial score (nSPS) is 16.5. The first-order chi connectivity index (χ1) is 14.8. The number of ether oxygens (including phenoxy) is 1. The topological polar surface area (TPSA) is 60.7 Å². The van der Waals surface area contributed by atoms with Crippen LogP contribution in [0.25, 0.3) is 6.08 Å². The summed E-state index contributed by atoms with van der Waals surface area (Å²) in [5.74, 6) is -0.468. The second-order valence-electron chi connectivity index (χ2n) is 7.22. The number of thiazole rings is 1. The largest absolute Gasteiger partial charge is 0.459 e. The average molecular weight is 493 g/mol. The maximum Gasteiger partial charge on any atom is 0.338 e. The van der Waals surface area contributed by atoms with Crippen molar-refractivity contribution < 1.29 is 9.53 Å². The van der Waals surface area contributed by atoms with E-state index in [0.29, 0.717) is 36.2 Å². The van der Waals surface area contributed by atoms with Crippen molar-refractivity contribution in [1.29, 1.82) is 0 Å². The van der Waals surface area contributed by atoms with Gasteiger partial charge in [0.1, 0.15) is 6.04 Å². The monoisotopic (exact) mass is 492 g/mol. The van der Waals surface area contributed by atoms with Crippen LogP contribution in [0.1, 0.15) is 37.3 Å². The Kier molecular flexibility index (Phi) is 6.21. The summed E-state index contributed by atoms with van der Waals surface area (Å²) in [5.41, 5.74) is 1.36. The van der Waals surface area contributed by atoms with Gasteiger partial charge in [0.2, 0.25) is 0 Å². The lowest BCUT2D eigenvalue weighted by Crippen LogP contribution is -2.39. The van der Waals surface area contributed by atoms with Gasteiger partial charge >= 0.3 is 5.97 Å². The van der Waals surface area contributed by atoms with E-state index in [1.807, 2.05) is 17.5 Å². The van der Waals surface area contributed by atoms with E-state index in [4.69, 9.17) is 27.9 Å². The fraction of sp³-hybridized carbons (Fsp3) is 0.227. The highest BCUT2D eigenvalue weighted by atomic mass is 35.5. The molecule has 3 aromatic rings. The van der Waals surface area contributed by atoms with Gasteiger partial charge in [0.05, 0.1) is 21.9 Å². The summed E-state index contributed by atoms with van der Waals surface area (Å²) >= 11 is 15.0. The number of hydrogen-bond acceptors (Lipinski definition) is 6. The molecule has 160 valence electrons. The number of esters is 1. The van der Waals surface area contributed by atoms with Gasteiger partial charge in [-0.15, -0.1) is 11.3 Å². The summed E-state index contributed by atoms with van der Waals surface area (Å²) in [6, 6.07) is 8.31. The van der Waals surface area contributed by atoms with Gasteiger partial charge in [0, 0.05) is 14.9 Å². The van der Waals surface area contributed by atoms with Crippen LogP contribution in [0.2, 0.25) is 10.0 Å². The Morgan fingerprint density at radius 2 is 2.06 bits per heavy atom. The Bertz CT molecular complexity index is 1370. The van der Waals surface area contributed by atoms with Crippen LogP contribution < -0.4 is 14.9 Å². The number of benzene rings is 1. The third-order valence-corrected chi connectivity index (χ3v) is 7.12. The van der Waals surface area contributed by atoms with Crippen molar-refractivity contribution in [3.63, 3.8) is 0 Å². The lowest BCUT2D eigenvalue weighted by molar-refractivity contribution is -0.143. The minimum absolute atomic E-state index is 0.240. The molecule has 1 atom stereocenters. The van der Waals surface area contributed by atoms with Gasteiger partial charge in [0.15, 0.2) is 4.80 Å². The summed E-state index contributed by atoms with van der Waals surface area (Å²) in [4.78, 5) is 32.3. The summed E-state index contributed by atoms with van der Waals surface area (Å²) < 4.78 is 7.50. The van der Waals surface area contributed by atoms with Crippen molar-refractivity contribution in [2.24, 2.45) is 4.99 Å². The first kappa shape index (κ1) is 22.0. The zero-order chi connectivity index (χ0) is 22.3. The molecule has 0 radical (unpaired) electrons. The van der Waals surface area contributed by atoms with Crippen LogP contribution in [0, 0.1) is 0 Å². The SMILES string of the molecule is CC1=C(C(=O)OC(C)C)C(c2cccs2)n2c(sc(=Cc3ccc(Cl)cc3Cl)c2=O)=N1. The Morgan fingerprint density at radius 1 is 1.29 bits per heavy atom. The number of rotatable bonds is 4. The molecule has 31 heavy (non-hydrogen) atoms. The van der Waals surface area contributed by atoms with Crippen molar-refractivity contribution in [2.75, 3.05) is 0 Å². The molecule has 1 aromatic carbocycles. The summed E-state index contributed by atoms with van der Waals surface area (Å²) in [5, 5.41) is 2.88. The third kappa shape index (κ3) is 4.28. The van der Waals surface area contributed by atoms with Crippen LogP contribution in [-0.4, -0.2) is 16.6 Å². The molecule has 1 aliphatic heterocycles. The predicted molar refractivity (Wildman–Crippen MR) is 126 cm³/mol. The van der Waals surface area contributed by atoms with E-state index in [1.54, 1.807) is 49.6 Å². The van der Waals surface area contributed by atoms with Crippen LogP contribution in [0.4, 0.5) is 0 Å². The van der Waals surface area contributed by atoms with E-state index in [2.05, 4.69) is 4.99 Å². The summed E-state index contributed by atoms with van der Waals surface area (Å²) in [6.07, 6.45) is 1.44. The van der Waals surface area contributed by atoms with Crippen molar-refractivity contribution >= 4 is 57.9 Å². The van der Waals surface area contributed by atoms with Gasteiger partial charge < -0.3 is 4.74 Å². The van der Waals surface area contributed by atoms with E-state index in [1.165, 1.54) is 22.7 Å². The molecule has 1 unspecified atom stereocenters. The number of hydrogen-bond donors (Lipinski definition) is 0. The minimum atomic E-state index is -0.592. The quantitative estimate of drug-likeness (QED) is 0.501. The standard InChI is InChI=1S/C22H18Cl2N2O3S2/c1-11(2)29-21(28)18-12(3)25-22-26(19(18)16-5-4-8-30-16)20(27)17(31-22)9-13-6-7-14(23)10-15(13)24/h4-11,19H,1-3H3. The van der Waals surface area contributed by atoms with Crippen LogP contribution in [0.3, 0.4) is 0 Å². The lowest BCUT2D eigenvalue weighted by Gasteiger charge is -2.24. The second kappa shape index (κ2) is 8.74. The van der Waals surface area contributed by atoms with E-state index < -0.39 is 12.0 Å². The Morgan fingerprint density at radius 3 is 2.71 bits per heavy atom. The van der Waals surface area contributed by atoms with Crippen molar-refractivity contribution in [3.05, 3.63) is 87.2 Å². The van der Waals surface area contributed by atoms with Gasteiger partial charge in [-0.3, -0.25) is 9.36 Å². The highest BCUT2D eigenvalue weighted by molar-refractivity contribution is 7.10. The molecular weight excluding hydrogens is 475 g/mol. The Hall–Kier alpha value is -2.19. The average Bonchev–Trinajstić information content (AvgIpc) is 3.31. The first-order valence-electron chi connectivity index (χ1n) is 9.48. The maximum atomic E-state index is 13.4.